The van der Waals surface area contributed by atoms with Gasteiger partial charge in [-0.05, 0) is 46.5 Å². The van der Waals surface area contributed by atoms with Crippen molar-refractivity contribution in [3.05, 3.63) is 186 Å². The molecule has 236 valence electrons. The molecule has 49 heavy (non-hydrogen) atoms. The number of nitrogens with zero attached hydrogens (tertiary/aromatic N) is 4. The number of para-hydroxylation sites is 1. The van der Waals surface area contributed by atoms with E-state index >= 15 is 0 Å². The zero-order valence-electron chi connectivity index (χ0n) is 27.2. The van der Waals surface area contributed by atoms with Crippen LogP contribution < -0.4 is 15.1 Å². The van der Waals surface area contributed by atoms with E-state index in [0.29, 0.717) is 0 Å². The zero-order valence-corrected chi connectivity index (χ0v) is 27.2. The molecule has 0 saturated heterocycles. The van der Waals surface area contributed by atoms with Crippen LogP contribution in [0.15, 0.2) is 174 Å². The smallest absolute Gasteiger partial charge is 0.230 e. The average molecular weight is 634 g/mol. The van der Waals surface area contributed by atoms with Crippen LogP contribution in [0.5, 0.6) is 0 Å². The minimum Gasteiger partial charge on any atom is -0.344 e. The lowest BCUT2D eigenvalue weighted by Gasteiger charge is -2.40. The number of rotatable bonds is 3. The van der Waals surface area contributed by atoms with E-state index in [1.807, 2.05) is 6.07 Å². The lowest BCUT2D eigenvalue weighted by molar-refractivity contribution is 0.543. The van der Waals surface area contributed by atoms with Crippen molar-refractivity contribution in [3.8, 4) is 0 Å². The highest BCUT2D eigenvalue weighted by Gasteiger charge is 2.53. The Morgan fingerprint density at radius 1 is 0.653 bits per heavy atom. The summed E-state index contributed by atoms with van der Waals surface area (Å²) >= 11 is 0. The summed E-state index contributed by atoms with van der Waals surface area (Å²) in [5, 5.41) is 6.29. The van der Waals surface area contributed by atoms with E-state index < -0.39 is 0 Å². The van der Waals surface area contributed by atoms with Gasteiger partial charge in [0.2, 0.25) is 5.96 Å². The number of guanidine groups is 1. The molecule has 1 N–H and O–H groups in total. The van der Waals surface area contributed by atoms with Gasteiger partial charge in [0.15, 0.2) is 0 Å². The van der Waals surface area contributed by atoms with E-state index in [1.54, 1.807) is 0 Å². The normalized spacial score (nSPS) is 25.7. The maximum absolute atomic E-state index is 5.45. The topological polar surface area (TPSA) is 43.2 Å². The first kappa shape index (κ1) is 28.1. The SMILES string of the molecule is CC12C=CC=CC1c1c(c3c(c4ccccc14)C1C=CC=CC1N3C1=NC(c3ccccc3)NC(c3ccccc3)=N1)N2c1ccccc1. The number of hydrogen-bond donors (Lipinski definition) is 1. The Bertz CT molecular complexity index is 2300. The molecule has 0 saturated carbocycles. The first-order valence-electron chi connectivity index (χ1n) is 17.2. The maximum atomic E-state index is 5.45. The first-order valence-corrected chi connectivity index (χ1v) is 17.2. The number of nitrogens with one attached hydrogen (secondary N) is 1. The standard InChI is InChI=1S/C44H35N5/c1-44-28-16-15-26-35(44)38-33-24-12-11-23-32(33)37-34-25-13-14-27-36(34)48(39(37)40(38)49(44)31-21-9-4-10-22-31)43-46-41(29-17-5-2-6-18-29)45-42(47-43)30-19-7-3-8-20-30/h2-28,34-36,41H,1H3,(H,45,46,47). The summed E-state index contributed by atoms with van der Waals surface area (Å²) in [6, 6.07) is 40.9. The van der Waals surface area contributed by atoms with E-state index in [2.05, 4.69) is 180 Å². The van der Waals surface area contributed by atoms with Crippen molar-refractivity contribution in [1.29, 1.82) is 0 Å². The first-order chi connectivity index (χ1) is 24.2. The van der Waals surface area contributed by atoms with E-state index in [0.717, 1.165) is 22.9 Å². The Kier molecular flexibility index (Phi) is 6.19. The van der Waals surface area contributed by atoms with Crippen LogP contribution in [0.25, 0.3) is 10.8 Å². The molecular formula is C44H35N5. The molecule has 10 rings (SSSR count). The molecule has 5 aromatic carbocycles. The van der Waals surface area contributed by atoms with Crippen LogP contribution in [-0.2, 0) is 0 Å². The Hall–Kier alpha value is -5.94. The third-order valence-electron chi connectivity index (χ3n) is 10.8. The van der Waals surface area contributed by atoms with Crippen LogP contribution in [0, 0.1) is 0 Å². The van der Waals surface area contributed by atoms with Crippen molar-refractivity contribution < 1.29 is 0 Å². The third-order valence-corrected chi connectivity index (χ3v) is 10.8. The van der Waals surface area contributed by atoms with Gasteiger partial charge < -0.3 is 15.1 Å². The summed E-state index contributed by atoms with van der Waals surface area (Å²) in [4.78, 5) is 15.9. The summed E-state index contributed by atoms with van der Waals surface area (Å²) in [5.41, 5.74) is 8.15. The second kappa shape index (κ2) is 10.8. The summed E-state index contributed by atoms with van der Waals surface area (Å²) in [5.74, 6) is 1.84. The van der Waals surface area contributed by atoms with E-state index in [9.17, 15) is 0 Å². The van der Waals surface area contributed by atoms with Crippen LogP contribution in [0.1, 0.15) is 47.2 Å². The van der Waals surface area contributed by atoms with Gasteiger partial charge in [-0.2, -0.15) is 4.99 Å². The molecule has 0 aromatic heterocycles. The molecule has 5 nitrogen and oxygen atoms in total. The largest absolute Gasteiger partial charge is 0.344 e. The molecule has 5 atom stereocenters. The molecule has 0 bridgehead atoms. The van der Waals surface area contributed by atoms with Gasteiger partial charge in [0.25, 0.3) is 0 Å². The molecule has 2 aliphatic carbocycles. The molecule has 0 amide bonds. The number of fused-ring (bicyclic) bond motifs is 10. The lowest BCUT2D eigenvalue weighted by atomic mass is 9.78. The molecule has 0 spiro atoms. The summed E-state index contributed by atoms with van der Waals surface area (Å²) in [6.45, 7) is 2.39. The predicted octanol–water partition coefficient (Wildman–Crippen LogP) is 9.46. The van der Waals surface area contributed by atoms with E-state index in [-0.39, 0.29) is 29.6 Å². The van der Waals surface area contributed by atoms with Gasteiger partial charge in [0.05, 0.1) is 23.0 Å². The molecular weight excluding hydrogens is 599 g/mol. The van der Waals surface area contributed by atoms with Crippen molar-refractivity contribution in [2.45, 2.75) is 36.5 Å². The number of aliphatic imine (C=N–C) groups is 2. The molecule has 5 unspecified atom stereocenters. The van der Waals surface area contributed by atoms with Gasteiger partial charge >= 0.3 is 0 Å². The van der Waals surface area contributed by atoms with E-state index in [4.69, 9.17) is 9.98 Å². The van der Waals surface area contributed by atoms with Crippen molar-refractivity contribution in [2.24, 2.45) is 9.98 Å². The minimum atomic E-state index is -0.303. The van der Waals surface area contributed by atoms with E-state index in [1.165, 1.54) is 39.0 Å². The highest BCUT2D eigenvalue weighted by Crippen LogP contribution is 2.64. The van der Waals surface area contributed by atoms with Crippen LogP contribution in [0.4, 0.5) is 17.1 Å². The minimum absolute atomic E-state index is 0.0168. The number of benzene rings is 5. The van der Waals surface area contributed by atoms with Gasteiger partial charge in [-0.3, -0.25) is 0 Å². The molecule has 3 heterocycles. The van der Waals surface area contributed by atoms with Crippen LogP contribution in [0.2, 0.25) is 0 Å². The van der Waals surface area contributed by atoms with Crippen molar-refractivity contribution >= 4 is 39.6 Å². The summed E-state index contributed by atoms with van der Waals surface area (Å²) < 4.78 is 0. The van der Waals surface area contributed by atoms with Gasteiger partial charge in [-0.1, -0.05) is 152 Å². The average Bonchev–Trinajstić information content (AvgIpc) is 3.66. The Balaban J connectivity index is 1.30. The Morgan fingerprint density at radius 3 is 2.08 bits per heavy atom. The third kappa shape index (κ3) is 4.12. The lowest BCUT2D eigenvalue weighted by Crippen LogP contribution is -2.44. The predicted molar refractivity (Wildman–Crippen MR) is 202 cm³/mol. The fourth-order valence-electron chi connectivity index (χ4n) is 8.72. The summed E-state index contributed by atoms with van der Waals surface area (Å²) in [6.07, 6.45) is 18.0. The van der Waals surface area contributed by atoms with Crippen molar-refractivity contribution in [2.75, 3.05) is 9.80 Å². The second-order valence-corrected chi connectivity index (χ2v) is 13.6. The van der Waals surface area contributed by atoms with Gasteiger partial charge in [-0.25, -0.2) is 4.99 Å². The molecule has 5 aromatic rings. The number of anilines is 3. The molecule has 0 fully saturated rings. The fraction of sp³-hybridized carbons (Fsp3) is 0.136. The van der Waals surface area contributed by atoms with Crippen LogP contribution >= 0.6 is 0 Å². The molecule has 5 heteroatoms. The highest BCUT2D eigenvalue weighted by atomic mass is 15.4. The Morgan fingerprint density at radius 2 is 1.31 bits per heavy atom. The van der Waals surface area contributed by atoms with Crippen LogP contribution in [-0.4, -0.2) is 23.4 Å². The molecule has 3 aliphatic heterocycles. The van der Waals surface area contributed by atoms with Gasteiger partial charge in [0.1, 0.15) is 12.0 Å². The van der Waals surface area contributed by atoms with Crippen molar-refractivity contribution in [3.63, 3.8) is 0 Å². The highest BCUT2D eigenvalue weighted by molar-refractivity contribution is 6.17. The number of hydrogen-bond acceptors (Lipinski definition) is 5. The van der Waals surface area contributed by atoms with Gasteiger partial charge in [0, 0.05) is 23.1 Å². The number of amidine groups is 1. The maximum Gasteiger partial charge on any atom is 0.230 e. The Labute approximate surface area is 286 Å². The number of allylic oxidation sites excluding steroid dienone is 4. The molecule has 0 radical (unpaired) electrons. The second-order valence-electron chi connectivity index (χ2n) is 13.6. The fourth-order valence-corrected chi connectivity index (χ4v) is 8.72. The quantitative estimate of drug-likeness (QED) is 0.215. The summed E-state index contributed by atoms with van der Waals surface area (Å²) in [7, 11) is 0. The monoisotopic (exact) mass is 633 g/mol. The van der Waals surface area contributed by atoms with Gasteiger partial charge in [-0.15, -0.1) is 0 Å². The zero-order chi connectivity index (χ0) is 32.5. The van der Waals surface area contributed by atoms with Crippen molar-refractivity contribution in [1.82, 2.24) is 5.32 Å². The molecule has 5 aliphatic rings. The van der Waals surface area contributed by atoms with Crippen LogP contribution in [0.3, 0.4) is 0 Å².